The first-order valence-electron chi connectivity index (χ1n) is 8.08. The average Bonchev–Trinajstić information content (AvgIpc) is 3.33. The molecule has 1 amide bonds. The Hall–Kier alpha value is -2.44. The fourth-order valence-corrected chi connectivity index (χ4v) is 2.92. The molecule has 0 aromatic carbocycles. The van der Waals surface area contributed by atoms with Gasteiger partial charge in [-0.3, -0.25) is 9.78 Å². The van der Waals surface area contributed by atoms with Crippen LogP contribution in [0.2, 0.25) is 0 Å². The fourth-order valence-electron chi connectivity index (χ4n) is 2.92. The maximum atomic E-state index is 12.3. The summed E-state index contributed by atoms with van der Waals surface area (Å²) in [5.74, 6) is 2.06. The van der Waals surface area contributed by atoms with Gasteiger partial charge in [0.1, 0.15) is 11.6 Å². The molecule has 0 unspecified atom stereocenters. The summed E-state index contributed by atoms with van der Waals surface area (Å²) < 4.78 is 5.24. The molecule has 1 aliphatic carbocycles. The van der Waals surface area contributed by atoms with Crippen molar-refractivity contribution in [3.63, 3.8) is 0 Å². The molecule has 120 valence electrons. The molecule has 2 aromatic rings. The molecule has 4 rings (SSSR count). The van der Waals surface area contributed by atoms with Crippen LogP contribution < -0.4 is 10.2 Å². The SMILES string of the molecule is O=C(NC1CCN(c2cnccn2)CC1)c1cc(C2CC2)on1. The van der Waals surface area contributed by atoms with Gasteiger partial charge in [-0.15, -0.1) is 0 Å². The number of rotatable bonds is 4. The molecule has 1 aliphatic heterocycles. The van der Waals surface area contributed by atoms with E-state index in [1.165, 1.54) is 0 Å². The van der Waals surface area contributed by atoms with Gasteiger partial charge in [0, 0.05) is 43.5 Å². The Bertz CT molecular complexity index is 675. The lowest BCUT2D eigenvalue weighted by Gasteiger charge is -2.32. The zero-order chi connectivity index (χ0) is 15.6. The lowest BCUT2D eigenvalue weighted by molar-refractivity contribution is 0.0922. The zero-order valence-electron chi connectivity index (χ0n) is 12.8. The number of nitrogens with zero attached hydrogens (tertiary/aromatic N) is 4. The van der Waals surface area contributed by atoms with Crippen LogP contribution in [-0.4, -0.2) is 40.2 Å². The van der Waals surface area contributed by atoms with E-state index in [4.69, 9.17) is 4.52 Å². The van der Waals surface area contributed by atoms with Crippen LogP contribution in [0.3, 0.4) is 0 Å². The lowest BCUT2D eigenvalue weighted by Crippen LogP contribution is -2.45. The van der Waals surface area contributed by atoms with Crippen LogP contribution in [0.4, 0.5) is 5.82 Å². The van der Waals surface area contributed by atoms with E-state index in [0.717, 1.165) is 50.4 Å². The van der Waals surface area contributed by atoms with Crippen LogP contribution in [0, 0.1) is 0 Å². The molecule has 23 heavy (non-hydrogen) atoms. The molecule has 7 nitrogen and oxygen atoms in total. The molecule has 0 bridgehead atoms. The number of aromatic nitrogens is 3. The quantitative estimate of drug-likeness (QED) is 0.925. The molecular formula is C16H19N5O2. The van der Waals surface area contributed by atoms with Gasteiger partial charge in [-0.05, 0) is 25.7 Å². The third-order valence-electron chi connectivity index (χ3n) is 4.44. The Morgan fingerprint density at radius 1 is 1.22 bits per heavy atom. The van der Waals surface area contributed by atoms with Gasteiger partial charge in [-0.25, -0.2) is 4.98 Å². The van der Waals surface area contributed by atoms with E-state index in [1.807, 2.05) is 0 Å². The fraction of sp³-hybridized carbons (Fsp3) is 0.500. The average molecular weight is 313 g/mol. The number of amides is 1. The van der Waals surface area contributed by atoms with Crippen molar-refractivity contribution < 1.29 is 9.32 Å². The Morgan fingerprint density at radius 3 is 2.74 bits per heavy atom. The first kappa shape index (κ1) is 14.2. The van der Waals surface area contributed by atoms with Crippen molar-refractivity contribution in [2.45, 2.75) is 37.6 Å². The highest BCUT2D eigenvalue weighted by Crippen LogP contribution is 2.40. The van der Waals surface area contributed by atoms with Crippen molar-refractivity contribution in [2.24, 2.45) is 0 Å². The molecule has 7 heteroatoms. The minimum Gasteiger partial charge on any atom is -0.360 e. The number of nitrogens with one attached hydrogen (secondary N) is 1. The summed E-state index contributed by atoms with van der Waals surface area (Å²) in [4.78, 5) is 22.9. The summed E-state index contributed by atoms with van der Waals surface area (Å²) >= 11 is 0. The number of carbonyl (C=O) groups is 1. The first-order chi connectivity index (χ1) is 11.3. The van der Waals surface area contributed by atoms with Gasteiger partial charge in [0.2, 0.25) is 0 Å². The van der Waals surface area contributed by atoms with Crippen molar-refractivity contribution in [1.29, 1.82) is 0 Å². The van der Waals surface area contributed by atoms with E-state index in [-0.39, 0.29) is 11.9 Å². The van der Waals surface area contributed by atoms with Crippen LogP contribution in [0.5, 0.6) is 0 Å². The Morgan fingerprint density at radius 2 is 2.04 bits per heavy atom. The van der Waals surface area contributed by atoms with E-state index in [2.05, 4.69) is 25.3 Å². The molecule has 2 aliphatic rings. The van der Waals surface area contributed by atoms with Gasteiger partial charge in [-0.2, -0.15) is 0 Å². The number of hydrogen-bond donors (Lipinski definition) is 1. The predicted molar refractivity (Wildman–Crippen MR) is 83.2 cm³/mol. The molecule has 1 saturated heterocycles. The molecule has 1 N–H and O–H groups in total. The maximum absolute atomic E-state index is 12.3. The maximum Gasteiger partial charge on any atom is 0.273 e. The monoisotopic (exact) mass is 313 g/mol. The number of anilines is 1. The summed E-state index contributed by atoms with van der Waals surface area (Å²) in [6, 6.07) is 1.94. The van der Waals surface area contributed by atoms with Gasteiger partial charge >= 0.3 is 0 Å². The van der Waals surface area contributed by atoms with Gasteiger partial charge < -0.3 is 14.7 Å². The third kappa shape index (κ3) is 3.18. The van der Waals surface area contributed by atoms with Crippen LogP contribution >= 0.6 is 0 Å². The van der Waals surface area contributed by atoms with Crippen molar-refractivity contribution in [3.05, 3.63) is 36.1 Å². The molecular weight excluding hydrogens is 294 g/mol. The molecule has 2 fully saturated rings. The van der Waals surface area contributed by atoms with Crippen LogP contribution in [0.25, 0.3) is 0 Å². The Balaban J connectivity index is 1.31. The summed E-state index contributed by atoms with van der Waals surface area (Å²) in [5.41, 5.74) is 0.392. The van der Waals surface area contributed by atoms with Crippen LogP contribution in [0.15, 0.2) is 29.2 Å². The minimum atomic E-state index is -0.140. The molecule has 0 radical (unpaired) electrons. The topological polar surface area (TPSA) is 84.2 Å². The Labute approximate surface area is 134 Å². The van der Waals surface area contributed by atoms with E-state index in [0.29, 0.717) is 11.6 Å². The highest BCUT2D eigenvalue weighted by molar-refractivity contribution is 5.92. The molecule has 2 aromatic heterocycles. The van der Waals surface area contributed by atoms with Gasteiger partial charge in [0.15, 0.2) is 5.69 Å². The highest BCUT2D eigenvalue weighted by Gasteiger charge is 2.29. The summed E-state index contributed by atoms with van der Waals surface area (Å²) in [6.45, 7) is 1.71. The Kier molecular flexibility index (Phi) is 3.69. The highest BCUT2D eigenvalue weighted by atomic mass is 16.5. The molecule has 0 atom stereocenters. The largest absolute Gasteiger partial charge is 0.360 e. The summed E-state index contributed by atoms with van der Waals surface area (Å²) in [6.07, 6.45) is 9.18. The number of piperidine rings is 1. The lowest BCUT2D eigenvalue weighted by atomic mass is 10.0. The number of hydrogen-bond acceptors (Lipinski definition) is 6. The smallest absolute Gasteiger partial charge is 0.273 e. The van der Waals surface area contributed by atoms with Crippen molar-refractivity contribution in [3.8, 4) is 0 Å². The van der Waals surface area contributed by atoms with Crippen molar-refractivity contribution in [1.82, 2.24) is 20.4 Å². The third-order valence-corrected chi connectivity index (χ3v) is 4.44. The second-order valence-electron chi connectivity index (χ2n) is 6.19. The second-order valence-corrected chi connectivity index (χ2v) is 6.19. The first-order valence-corrected chi connectivity index (χ1v) is 8.08. The van der Waals surface area contributed by atoms with Crippen molar-refractivity contribution >= 4 is 11.7 Å². The van der Waals surface area contributed by atoms with E-state index in [9.17, 15) is 4.79 Å². The molecule has 1 saturated carbocycles. The summed E-state index contributed by atoms with van der Waals surface area (Å²) in [7, 11) is 0. The van der Waals surface area contributed by atoms with E-state index in [1.54, 1.807) is 24.7 Å². The molecule has 3 heterocycles. The number of carbonyl (C=O) groups excluding carboxylic acids is 1. The van der Waals surface area contributed by atoms with Gasteiger partial charge in [0.05, 0.1) is 6.20 Å². The van der Waals surface area contributed by atoms with Crippen LogP contribution in [0.1, 0.15) is 47.8 Å². The van der Waals surface area contributed by atoms with Gasteiger partial charge in [0.25, 0.3) is 5.91 Å². The molecule has 0 spiro atoms. The van der Waals surface area contributed by atoms with Gasteiger partial charge in [-0.1, -0.05) is 5.16 Å². The predicted octanol–water partition coefficient (Wildman–Crippen LogP) is 1.74. The minimum absolute atomic E-state index is 0.140. The van der Waals surface area contributed by atoms with E-state index < -0.39 is 0 Å². The second kappa shape index (κ2) is 5.98. The van der Waals surface area contributed by atoms with Crippen LogP contribution in [-0.2, 0) is 0 Å². The zero-order valence-corrected chi connectivity index (χ0v) is 12.8. The van der Waals surface area contributed by atoms with E-state index >= 15 is 0 Å². The summed E-state index contributed by atoms with van der Waals surface area (Å²) in [5, 5.41) is 6.95. The normalized spacial score (nSPS) is 18.9. The van der Waals surface area contributed by atoms with Crippen molar-refractivity contribution in [2.75, 3.05) is 18.0 Å². The standard InChI is InChI=1S/C16H19N5O2/c22-16(13-9-14(23-20-13)11-1-2-11)19-12-3-7-21(8-4-12)15-10-17-5-6-18-15/h5-6,9-12H,1-4,7-8H2,(H,19,22).